The van der Waals surface area contributed by atoms with Gasteiger partial charge in [0.2, 0.25) is 5.91 Å². The van der Waals surface area contributed by atoms with Crippen LogP contribution in [0.4, 0.5) is 5.82 Å². The monoisotopic (exact) mass is 393 g/mol. The van der Waals surface area contributed by atoms with Crippen molar-refractivity contribution in [3.05, 3.63) is 48.0 Å². The van der Waals surface area contributed by atoms with Crippen molar-refractivity contribution < 1.29 is 4.79 Å². The number of piperidine rings is 1. The Kier molecular flexibility index (Phi) is 4.16. The third-order valence-corrected chi connectivity index (χ3v) is 6.23. The molecule has 2 aliphatic rings. The molecule has 2 fully saturated rings. The van der Waals surface area contributed by atoms with Gasteiger partial charge in [-0.3, -0.25) is 9.78 Å². The molecule has 0 atom stereocenters. The molecule has 1 spiro atoms. The van der Waals surface area contributed by atoms with E-state index in [-0.39, 0.29) is 11.3 Å². The summed E-state index contributed by atoms with van der Waals surface area (Å²) < 4.78 is 0. The number of fused-ring (bicyclic) bond motifs is 1. The molecule has 142 valence electrons. The van der Waals surface area contributed by atoms with Gasteiger partial charge < -0.3 is 10.2 Å². The van der Waals surface area contributed by atoms with E-state index in [4.69, 9.17) is 16.6 Å². The molecule has 2 saturated heterocycles. The summed E-state index contributed by atoms with van der Waals surface area (Å²) >= 11 is 6.08. The van der Waals surface area contributed by atoms with E-state index in [1.165, 1.54) is 0 Å². The highest BCUT2D eigenvalue weighted by molar-refractivity contribution is 6.29. The molecule has 2 aliphatic heterocycles. The first-order valence-corrected chi connectivity index (χ1v) is 9.92. The van der Waals surface area contributed by atoms with E-state index in [2.05, 4.69) is 20.2 Å². The summed E-state index contributed by atoms with van der Waals surface area (Å²) in [6.45, 7) is 2.43. The first-order chi connectivity index (χ1) is 13.6. The number of anilines is 1. The van der Waals surface area contributed by atoms with Gasteiger partial charge in [-0.15, -0.1) is 0 Å². The number of aromatic nitrogens is 3. The van der Waals surface area contributed by atoms with E-state index < -0.39 is 0 Å². The molecular formula is C21H20ClN5O. The number of carbonyl (C=O) groups is 1. The van der Waals surface area contributed by atoms with Crippen molar-refractivity contribution in [2.75, 3.05) is 24.5 Å². The molecule has 1 N–H and O–H groups in total. The minimum Gasteiger partial charge on any atom is -0.356 e. The number of nitrogens with one attached hydrogen (secondary N) is 1. The maximum atomic E-state index is 12.3. The lowest BCUT2D eigenvalue weighted by Gasteiger charge is -2.38. The number of halogens is 1. The smallest absolute Gasteiger partial charge is 0.226 e. The summed E-state index contributed by atoms with van der Waals surface area (Å²) in [5, 5.41) is 5.56. The fourth-order valence-corrected chi connectivity index (χ4v) is 4.54. The first-order valence-electron chi connectivity index (χ1n) is 9.55. The lowest BCUT2D eigenvalue weighted by Crippen LogP contribution is -2.44. The maximum absolute atomic E-state index is 12.3. The quantitative estimate of drug-likeness (QED) is 0.675. The number of pyridine rings is 3. The van der Waals surface area contributed by atoms with E-state index in [1.807, 2.05) is 30.5 Å². The predicted molar refractivity (Wildman–Crippen MR) is 109 cm³/mol. The highest BCUT2D eigenvalue weighted by Gasteiger charge is 2.44. The van der Waals surface area contributed by atoms with Crippen LogP contribution in [-0.4, -0.2) is 40.5 Å². The Hall–Kier alpha value is -2.73. The number of carbonyl (C=O) groups excluding carboxylic acids is 1. The SMILES string of the molecule is O=C1NCCC12CCN(c1nc(-c3ccnc(Cl)c3)cc3cnccc13)CC2. The van der Waals surface area contributed by atoms with Gasteiger partial charge in [0.15, 0.2) is 0 Å². The zero-order valence-electron chi connectivity index (χ0n) is 15.4. The van der Waals surface area contributed by atoms with E-state index in [9.17, 15) is 4.79 Å². The zero-order valence-corrected chi connectivity index (χ0v) is 16.1. The number of nitrogens with zero attached hydrogens (tertiary/aromatic N) is 4. The third-order valence-electron chi connectivity index (χ3n) is 6.02. The zero-order chi connectivity index (χ0) is 19.1. The minimum absolute atomic E-state index is 0.190. The van der Waals surface area contributed by atoms with E-state index in [1.54, 1.807) is 12.4 Å². The van der Waals surface area contributed by atoms with Crippen LogP contribution in [0, 0.1) is 5.41 Å². The highest BCUT2D eigenvalue weighted by atomic mass is 35.5. The normalized spacial score (nSPS) is 18.6. The molecule has 0 bridgehead atoms. The summed E-state index contributed by atoms with van der Waals surface area (Å²) in [6.07, 6.45) is 8.01. The number of hydrogen-bond donors (Lipinski definition) is 1. The highest BCUT2D eigenvalue weighted by Crippen LogP contribution is 2.40. The average molecular weight is 394 g/mol. The van der Waals surface area contributed by atoms with Crippen LogP contribution in [-0.2, 0) is 4.79 Å². The standard InChI is InChI=1S/C21H20ClN5O/c22-18-12-14(1-7-24-18)17-11-15-13-23-6-2-16(15)19(26-17)27-9-4-21(5-10-27)3-8-25-20(21)28/h1-2,6-7,11-13H,3-5,8-10H2,(H,25,28). The Labute approximate surface area is 168 Å². The molecule has 3 aromatic rings. The van der Waals surface area contributed by atoms with Gasteiger partial charge in [-0.2, -0.15) is 0 Å². The van der Waals surface area contributed by atoms with Crippen LogP contribution in [0.1, 0.15) is 19.3 Å². The van der Waals surface area contributed by atoms with Crippen LogP contribution in [0.2, 0.25) is 5.15 Å². The molecule has 7 heteroatoms. The second-order valence-electron chi connectivity index (χ2n) is 7.57. The Morgan fingerprint density at radius 1 is 1.11 bits per heavy atom. The molecule has 0 saturated carbocycles. The van der Waals surface area contributed by atoms with Crippen LogP contribution in [0.5, 0.6) is 0 Å². The largest absolute Gasteiger partial charge is 0.356 e. The molecule has 5 heterocycles. The summed E-state index contributed by atoms with van der Waals surface area (Å²) in [4.78, 5) is 27.9. The van der Waals surface area contributed by atoms with Crippen LogP contribution in [0.25, 0.3) is 22.0 Å². The van der Waals surface area contributed by atoms with Crippen molar-refractivity contribution >= 4 is 34.1 Å². The van der Waals surface area contributed by atoms with Crippen molar-refractivity contribution in [2.45, 2.75) is 19.3 Å². The molecule has 6 nitrogen and oxygen atoms in total. The Morgan fingerprint density at radius 2 is 1.96 bits per heavy atom. The molecule has 0 unspecified atom stereocenters. The molecule has 0 radical (unpaired) electrons. The van der Waals surface area contributed by atoms with Gasteiger partial charge >= 0.3 is 0 Å². The van der Waals surface area contributed by atoms with Gasteiger partial charge in [0.1, 0.15) is 11.0 Å². The van der Waals surface area contributed by atoms with E-state index >= 15 is 0 Å². The third kappa shape index (κ3) is 2.88. The van der Waals surface area contributed by atoms with Gasteiger partial charge in [-0.05, 0) is 43.5 Å². The van der Waals surface area contributed by atoms with E-state index in [0.29, 0.717) is 5.15 Å². The summed E-state index contributed by atoms with van der Waals surface area (Å²) in [5.41, 5.74) is 1.58. The van der Waals surface area contributed by atoms with Gasteiger partial charge in [0, 0.05) is 54.6 Å². The lowest BCUT2D eigenvalue weighted by molar-refractivity contribution is -0.128. The lowest BCUT2D eigenvalue weighted by atomic mass is 9.77. The second-order valence-corrected chi connectivity index (χ2v) is 7.96. The predicted octanol–water partition coefficient (Wildman–Crippen LogP) is 3.45. The van der Waals surface area contributed by atoms with Crippen molar-refractivity contribution in [3.8, 4) is 11.3 Å². The molecule has 3 aromatic heterocycles. The molecule has 5 rings (SSSR count). The van der Waals surface area contributed by atoms with Crippen LogP contribution >= 0.6 is 11.6 Å². The topological polar surface area (TPSA) is 71.0 Å². The fraction of sp³-hybridized carbons (Fsp3) is 0.333. The van der Waals surface area contributed by atoms with Gasteiger partial charge in [0.25, 0.3) is 0 Å². The van der Waals surface area contributed by atoms with Crippen LogP contribution < -0.4 is 10.2 Å². The summed E-state index contributed by atoms with van der Waals surface area (Å²) in [6, 6.07) is 7.78. The van der Waals surface area contributed by atoms with Gasteiger partial charge in [0.05, 0.1) is 11.1 Å². The Balaban J connectivity index is 1.54. The number of rotatable bonds is 2. The van der Waals surface area contributed by atoms with Gasteiger partial charge in [-0.1, -0.05) is 11.6 Å². The molecule has 0 aromatic carbocycles. The second kappa shape index (κ2) is 6.71. The number of hydrogen-bond acceptors (Lipinski definition) is 5. The molecular weight excluding hydrogens is 374 g/mol. The summed E-state index contributed by atoms with van der Waals surface area (Å²) in [7, 11) is 0. The Bertz CT molecular complexity index is 1060. The van der Waals surface area contributed by atoms with E-state index in [0.717, 1.165) is 66.7 Å². The minimum atomic E-state index is -0.190. The van der Waals surface area contributed by atoms with Crippen molar-refractivity contribution in [1.82, 2.24) is 20.3 Å². The molecule has 0 aliphatic carbocycles. The van der Waals surface area contributed by atoms with Crippen molar-refractivity contribution in [1.29, 1.82) is 0 Å². The van der Waals surface area contributed by atoms with Crippen LogP contribution in [0.15, 0.2) is 42.9 Å². The van der Waals surface area contributed by atoms with Crippen LogP contribution in [0.3, 0.4) is 0 Å². The fourth-order valence-electron chi connectivity index (χ4n) is 4.37. The first kappa shape index (κ1) is 17.4. The number of amides is 1. The maximum Gasteiger partial charge on any atom is 0.226 e. The summed E-state index contributed by atoms with van der Waals surface area (Å²) in [5.74, 6) is 1.16. The van der Waals surface area contributed by atoms with Gasteiger partial charge in [-0.25, -0.2) is 9.97 Å². The van der Waals surface area contributed by atoms with Crippen molar-refractivity contribution in [2.24, 2.45) is 5.41 Å². The van der Waals surface area contributed by atoms with Crippen molar-refractivity contribution in [3.63, 3.8) is 0 Å². The average Bonchev–Trinajstić information content (AvgIpc) is 3.07. The Morgan fingerprint density at radius 3 is 2.71 bits per heavy atom. The molecule has 28 heavy (non-hydrogen) atoms. The molecule has 1 amide bonds.